The second kappa shape index (κ2) is 7.10. The number of allylic oxidation sites excluding steroid dienone is 1. The molecular weight excluding hydrogens is 246 g/mol. The van der Waals surface area contributed by atoms with Gasteiger partial charge in [-0.1, -0.05) is 53.7 Å². The van der Waals surface area contributed by atoms with Gasteiger partial charge in [0.1, 0.15) is 0 Å². The largest absolute Gasteiger partial charge is 0.312 e. The van der Waals surface area contributed by atoms with Gasteiger partial charge in [0.05, 0.1) is 0 Å². The molecule has 0 saturated carbocycles. The van der Waals surface area contributed by atoms with Crippen LogP contribution in [0.15, 0.2) is 23.4 Å². The van der Waals surface area contributed by atoms with E-state index < -0.39 is 0 Å². The highest BCUT2D eigenvalue weighted by atomic mass is 16.2. The molecule has 114 valence electrons. The van der Waals surface area contributed by atoms with Crippen LogP contribution in [0, 0.1) is 17.8 Å². The van der Waals surface area contributed by atoms with Crippen molar-refractivity contribution in [2.75, 3.05) is 6.54 Å². The summed E-state index contributed by atoms with van der Waals surface area (Å²) in [6.07, 6.45) is 2.78. The van der Waals surface area contributed by atoms with Crippen molar-refractivity contribution in [1.29, 1.82) is 0 Å². The smallest absolute Gasteiger partial charge is 0.253 e. The van der Waals surface area contributed by atoms with Crippen molar-refractivity contribution in [3.05, 3.63) is 23.4 Å². The Hall–Kier alpha value is -1.05. The van der Waals surface area contributed by atoms with Crippen LogP contribution in [0.25, 0.3) is 0 Å². The summed E-state index contributed by atoms with van der Waals surface area (Å²) in [7, 11) is 0. The van der Waals surface area contributed by atoms with Gasteiger partial charge in [-0.25, -0.2) is 0 Å². The molecule has 20 heavy (non-hydrogen) atoms. The monoisotopic (exact) mass is 277 g/mol. The van der Waals surface area contributed by atoms with Crippen LogP contribution in [-0.2, 0) is 4.79 Å². The van der Waals surface area contributed by atoms with Crippen molar-refractivity contribution in [2.24, 2.45) is 17.8 Å². The Morgan fingerprint density at radius 1 is 1.00 bits per heavy atom. The second-order valence-electron chi connectivity index (χ2n) is 7.33. The van der Waals surface area contributed by atoms with Crippen LogP contribution in [0.2, 0.25) is 0 Å². The second-order valence-corrected chi connectivity index (χ2v) is 7.33. The molecule has 0 aromatic heterocycles. The molecule has 2 nitrogen and oxygen atoms in total. The third-order valence-corrected chi connectivity index (χ3v) is 3.54. The fourth-order valence-corrected chi connectivity index (χ4v) is 2.81. The predicted molar refractivity (Wildman–Crippen MR) is 86.2 cm³/mol. The fraction of sp³-hybridized carbons (Fsp3) is 0.722. The zero-order valence-corrected chi connectivity index (χ0v) is 14.1. The van der Waals surface area contributed by atoms with Gasteiger partial charge in [0.25, 0.3) is 5.91 Å². The van der Waals surface area contributed by atoms with Crippen LogP contribution in [0.5, 0.6) is 0 Å². The van der Waals surface area contributed by atoms with E-state index in [0.717, 1.165) is 37.1 Å². The molecule has 0 N–H and O–H groups in total. The number of hydrogen-bond donors (Lipinski definition) is 0. The summed E-state index contributed by atoms with van der Waals surface area (Å²) in [5.41, 5.74) is 3.36. The lowest BCUT2D eigenvalue weighted by molar-refractivity contribution is -0.126. The highest BCUT2D eigenvalue weighted by molar-refractivity contribution is 5.96. The van der Waals surface area contributed by atoms with E-state index in [4.69, 9.17) is 0 Å². The Balaban J connectivity index is 3.08. The molecule has 1 aliphatic heterocycles. The summed E-state index contributed by atoms with van der Waals surface area (Å²) in [6.45, 7) is 18.0. The summed E-state index contributed by atoms with van der Waals surface area (Å²) < 4.78 is 0. The minimum absolute atomic E-state index is 0.208. The molecule has 1 amide bonds. The fourth-order valence-electron chi connectivity index (χ4n) is 2.81. The molecule has 2 heteroatoms. The van der Waals surface area contributed by atoms with Crippen LogP contribution >= 0.6 is 0 Å². The molecule has 0 aromatic rings. The predicted octanol–water partition coefficient (Wildman–Crippen LogP) is 4.78. The SMILES string of the molecule is C=C1CC(CC(C)C)=C(CC(C)C)C(=O)N1CC(C)C. The van der Waals surface area contributed by atoms with E-state index in [1.807, 2.05) is 4.90 Å². The van der Waals surface area contributed by atoms with Gasteiger partial charge >= 0.3 is 0 Å². The first-order valence-electron chi connectivity index (χ1n) is 7.92. The Labute approximate surface area is 124 Å². The standard InChI is InChI=1S/C18H31NO/c1-12(2)8-16-10-15(7)19(11-14(5)6)18(20)17(16)9-13(3)4/h12-14H,7-11H2,1-6H3. The Bertz CT molecular complexity index is 402. The van der Waals surface area contributed by atoms with Crippen molar-refractivity contribution in [2.45, 2.75) is 60.8 Å². The van der Waals surface area contributed by atoms with E-state index >= 15 is 0 Å². The number of carbonyl (C=O) groups is 1. The van der Waals surface area contributed by atoms with Crippen molar-refractivity contribution in [3.63, 3.8) is 0 Å². The maximum Gasteiger partial charge on any atom is 0.253 e. The van der Waals surface area contributed by atoms with Gasteiger partial charge in [-0.2, -0.15) is 0 Å². The van der Waals surface area contributed by atoms with Gasteiger partial charge in [0.15, 0.2) is 0 Å². The summed E-state index contributed by atoms with van der Waals surface area (Å²) in [5.74, 6) is 1.79. The Morgan fingerprint density at radius 3 is 2.00 bits per heavy atom. The maximum atomic E-state index is 12.8. The summed E-state index contributed by atoms with van der Waals surface area (Å²) in [6, 6.07) is 0. The number of rotatable bonds is 6. The topological polar surface area (TPSA) is 20.3 Å². The van der Waals surface area contributed by atoms with Crippen LogP contribution in [0.4, 0.5) is 0 Å². The lowest BCUT2D eigenvalue weighted by Crippen LogP contribution is -2.38. The first-order valence-corrected chi connectivity index (χ1v) is 7.92. The van der Waals surface area contributed by atoms with Gasteiger partial charge in [0, 0.05) is 24.2 Å². The number of carbonyl (C=O) groups excluding carboxylic acids is 1. The van der Waals surface area contributed by atoms with Gasteiger partial charge in [-0.3, -0.25) is 4.79 Å². The molecular formula is C18H31NO. The molecule has 1 rings (SSSR count). The van der Waals surface area contributed by atoms with E-state index in [0.29, 0.717) is 17.8 Å². The highest BCUT2D eigenvalue weighted by Gasteiger charge is 2.30. The third kappa shape index (κ3) is 4.50. The number of nitrogens with zero attached hydrogens (tertiary/aromatic N) is 1. The zero-order valence-electron chi connectivity index (χ0n) is 14.1. The van der Waals surface area contributed by atoms with E-state index in [9.17, 15) is 4.79 Å². The van der Waals surface area contributed by atoms with Crippen molar-refractivity contribution < 1.29 is 4.79 Å². The zero-order chi connectivity index (χ0) is 15.4. The van der Waals surface area contributed by atoms with Crippen LogP contribution in [0.3, 0.4) is 0 Å². The van der Waals surface area contributed by atoms with Gasteiger partial charge in [-0.05, 0) is 30.6 Å². The molecule has 0 atom stereocenters. The van der Waals surface area contributed by atoms with Gasteiger partial charge < -0.3 is 4.90 Å². The molecule has 0 saturated heterocycles. The molecule has 0 aromatic carbocycles. The van der Waals surface area contributed by atoms with Crippen molar-refractivity contribution in [3.8, 4) is 0 Å². The average Bonchev–Trinajstić information content (AvgIpc) is 2.28. The molecule has 0 spiro atoms. The first-order chi connectivity index (χ1) is 9.22. The van der Waals surface area contributed by atoms with Crippen molar-refractivity contribution >= 4 is 5.91 Å². The van der Waals surface area contributed by atoms with E-state index in [-0.39, 0.29) is 5.91 Å². The van der Waals surface area contributed by atoms with Crippen molar-refractivity contribution in [1.82, 2.24) is 4.90 Å². The summed E-state index contributed by atoms with van der Waals surface area (Å²) in [4.78, 5) is 14.7. The van der Waals surface area contributed by atoms with Crippen LogP contribution in [-0.4, -0.2) is 17.4 Å². The normalized spacial score (nSPS) is 17.1. The molecule has 0 bridgehead atoms. The summed E-state index contributed by atoms with van der Waals surface area (Å²) in [5, 5.41) is 0. The first kappa shape index (κ1) is 17.0. The summed E-state index contributed by atoms with van der Waals surface area (Å²) >= 11 is 0. The lowest BCUT2D eigenvalue weighted by atomic mass is 9.86. The maximum absolute atomic E-state index is 12.8. The molecule has 0 fully saturated rings. The lowest BCUT2D eigenvalue weighted by Gasteiger charge is -2.34. The average molecular weight is 277 g/mol. The Kier molecular flexibility index (Phi) is 6.04. The van der Waals surface area contributed by atoms with Gasteiger partial charge in [-0.15, -0.1) is 0 Å². The Morgan fingerprint density at radius 2 is 1.55 bits per heavy atom. The van der Waals surface area contributed by atoms with Crippen LogP contribution < -0.4 is 0 Å². The molecule has 0 aliphatic carbocycles. The minimum atomic E-state index is 0.208. The number of hydrogen-bond acceptors (Lipinski definition) is 1. The molecule has 0 unspecified atom stereocenters. The molecule has 1 heterocycles. The van der Waals surface area contributed by atoms with E-state index in [1.54, 1.807) is 0 Å². The number of amides is 1. The minimum Gasteiger partial charge on any atom is -0.312 e. The molecule has 0 radical (unpaired) electrons. The highest BCUT2D eigenvalue weighted by Crippen LogP contribution is 2.33. The van der Waals surface area contributed by atoms with E-state index in [1.165, 1.54) is 5.57 Å². The quantitative estimate of drug-likeness (QED) is 0.684. The molecule has 1 aliphatic rings. The van der Waals surface area contributed by atoms with Crippen LogP contribution in [0.1, 0.15) is 60.8 Å². The third-order valence-electron chi connectivity index (χ3n) is 3.54. The van der Waals surface area contributed by atoms with E-state index in [2.05, 4.69) is 48.1 Å². The van der Waals surface area contributed by atoms with Gasteiger partial charge in [0.2, 0.25) is 0 Å².